The lowest BCUT2D eigenvalue weighted by Crippen LogP contribution is -2.11. The second-order valence-corrected chi connectivity index (χ2v) is 4.70. The Morgan fingerprint density at radius 3 is 2.70 bits per heavy atom. The maximum atomic E-state index is 12.9. The number of hydrogen-bond acceptors (Lipinski definition) is 7. The van der Waals surface area contributed by atoms with Gasteiger partial charge in [-0.25, -0.2) is 9.18 Å². The van der Waals surface area contributed by atoms with Crippen LogP contribution in [-0.2, 0) is 4.74 Å². The van der Waals surface area contributed by atoms with E-state index in [2.05, 4.69) is 20.4 Å². The van der Waals surface area contributed by atoms with Crippen molar-refractivity contribution >= 4 is 5.97 Å². The highest BCUT2D eigenvalue weighted by Gasteiger charge is 2.21. The van der Waals surface area contributed by atoms with Crippen LogP contribution in [0.25, 0.3) is 5.69 Å². The van der Waals surface area contributed by atoms with Crippen molar-refractivity contribution in [2.75, 3.05) is 0 Å². The molecule has 3 rings (SSSR count). The molecule has 0 aliphatic carbocycles. The first-order valence-corrected chi connectivity index (χ1v) is 6.72. The third-order valence-corrected chi connectivity index (χ3v) is 2.93. The van der Waals surface area contributed by atoms with E-state index in [0.717, 1.165) is 0 Å². The zero-order chi connectivity index (χ0) is 16.4. The normalized spacial score (nSPS) is 12.1. The zero-order valence-electron chi connectivity index (χ0n) is 12.3. The van der Waals surface area contributed by atoms with Crippen molar-refractivity contribution in [2.24, 2.45) is 0 Å². The molecule has 9 heteroatoms. The van der Waals surface area contributed by atoms with Crippen LogP contribution in [0.15, 0.2) is 34.9 Å². The number of aryl methyl sites for hydroxylation is 1. The SMILES string of the molecule is Cc1nnc(C(C)OC(=O)c2cnn(-c3ccc(F)cc3)n2)o1. The van der Waals surface area contributed by atoms with Crippen molar-refractivity contribution in [3.8, 4) is 5.69 Å². The van der Waals surface area contributed by atoms with Crippen molar-refractivity contribution in [1.29, 1.82) is 0 Å². The van der Waals surface area contributed by atoms with Gasteiger partial charge in [0.05, 0.1) is 11.9 Å². The molecule has 1 atom stereocenters. The molecular formula is C14H12FN5O3. The molecule has 0 saturated carbocycles. The Labute approximate surface area is 129 Å². The number of ether oxygens (including phenoxy) is 1. The zero-order valence-corrected chi connectivity index (χ0v) is 12.3. The van der Waals surface area contributed by atoms with Crippen LogP contribution in [0.5, 0.6) is 0 Å². The molecule has 0 amide bonds. The van der Waals surface area contributed by atoms with E-state index in [1.54, 1.807) is 13.8 Å². The average Bonchev–Trinajstić information content (AvgIpc) is 3.17. The van der Waals surface area contributed by atoms with Crippen LogP contribution < -0.4 is 0 Å². The van der Waals surface area contributed by atoms with Crippen LogP contribution >= 0.6 is 0 Å². The van der Waals surface area contributed by atoms with Crippen molar-refractivity contribution in [3.05, 3.63) is 53.8 Å². The Hall–Kier alpha value is -3.10. The van der Waals surface area contributed by atoms with Crippen molar-refractivity contribution in [1.82, 2.24) is 25.2 Å². The van der Waals surface area contributed by atoms with Gasteiger partial charge in [0.2, 0.25) is 5.89 Å². The van der Waals surface area contributed by atoms with Crippen LogP contribution in [0.3, 0.4) is 0 Å². The maximum absolute atomic E-state index is 12.9. The second kappa shape index (κ2) is 5.95. The summed E-state index contributed by atoms with van der Waals surface area (Å²) < 4.78 is 23.3. The number of esters is 1. The Bertz CT molecular complexity index is 827. The molecule has 8 nitrogen and oxygen atoms in total. The van der Waals surface area contributed by atoms with E-state index in [-0.39, 0.29) is 17.4 Å². The van der Waals surface area contributed by atoms with E-state index in [1.165, 1.54) is 35.3 Å². The lowest BCUT2D eigenvalue weighted by molar-refractivity contribution is 0.0269. The minimum atomic E-state index is -0.709. The Balaban J connectivity index is 1.72. The van der Waals surface area contributed by atoms with E-state index in [1.807, 2.05) is 0 Å². The molecule has 0 N–H and O–H groups in total. The molecule has 0 radical (unpaired) electrons. The van der Waals surface area contributed by atoms with Crippen LogP contribution in [0.4, 0.5) is 4.39 Å². The molecule has 3 aromatic rings. The van der Waals surface area contributed by atoms with E-state index in [9.17, 15) is 9.18 Å². The Morgan fingerprint density at radius 1 is 1.30 bits per heavy atom. The molecular weight excluding hydrogens is 305 g/mol. The Kier molecular flexibility index (Phi) is 3.83. The minimum absolute atomic E-state index is 0.0115. The quantitative estimate of drug-likeness (QED) is 0.679. The van der Waals surface area contributed by atoms with Gasteiger partial charge in [-0.05, 0) is 31.2 Å². The molecule has 0 spiro atoms. The molecule has 0 saturated heterocycles. The number of carbonyl (C=O) groups is 1. The van der Waals surface area contributed by atoms with Gasteiger partial charge in [-0.2, -0.15) is 9.90 Å². The lowest BCUT2D eigenvalue weighted by atomic mass is 10.3. The van der Waals surface area contributed by atoms with E-state index < -0.39 is 12.1 Å². The van der Waals surface area contributed by atoms with Gasteiger partial charge < -0.3 is 9.15 Å². The van der Waals surface area contributed by atoms with Crippen LogP contribution in [0.2, 0.25) is 0 Å². The first-order chi connectivity index (χ1) is 11.0. The summed E-state index contributed by atoms with van der Waals surface area (Å²) in [4.78, 5) is 13.3. The molecule has 0 fully saturated rings. The van der Waals surface area contributed by atoms with E-state index >= 15 is 0 Å². The van der Waals surface area contributed by atoms with Gasteiger partial charge in [0.15, 0.2) is 11.8 Å². The maximum Gasteiger partial charge on any atom is 0.361 e. The first kappa shape index (κ1) is 14.8. The summed E-state index contributed by atoms with van der Waals surface area (Å²) in [6.45, 7) is 3.24. The number of benzene rings is 1. The molecule has 2 heterocycles. The summed E-state index contributed by atoms with van der Waals surface area (Å²) in [5, 5.41) is 15.4. The second-order valence-electron chi connectivity index (χ2n) is 4.70. The highest BCUT2D eigenvalue weighted by Crippen LogP contribution is 2.16. The molecule has 0 bridgehead atoms. The van der Waals surface area contributed by atoms with Gasteiger partial charge in [0.25, 0.3) is 5.89 Å². The van der Waals surface area contributed by atoms with Crippen LogP contribution in [0.1, 0.15) is 35.3 Å². The minimum Gasteiger partial charge on any atom is -0.448 e. The molecule has 1 unspecified atom stereocenters. The number of halogens is 1. The third-order valence-electron chi connectivity index (χ3n) is 2.93. The van der Waals surface area contributed by atoms with Gasteiger partial charge >= 0.3 is 5.97 Å². The molecule has 23 heavy (non-hydrogen) atoms. The smallest absolute Gasteiger partial charge is 0.361 e. The Morgan fingerprint density at radius 2 is 2.04 bits per heavy atom. The van der Waals surface area contributed by atoms with Gasteiger partial charge in [-0.1, -0.05) is 0 Å². The molecule has 2 aromatic heterocycles. The highest BCUT2D eigenvalue weighted by atomic mass is 19.1. The van der Waals surface area contributed by atoms with Crippen LogP contribution in [-0.4, -0.2) is 31.2 Å². The van der Waals surface area contributed by atoms with Crippen LogP contribution in [0, 0.1) is 12.7 Å². The number of hydrogen-bond donors (Lipinski definition) is 0. The molecule has 1 aromatic carbocycles. The first-order valence-electron chi connectivity index (χ1n) is 6.72. The van der Waals surface area contributed by atoms with Crippen molar-refractivity contribution in [3.63, 3.8) is 0 Å². The lowest BCUT2D eigenvalue weighted by Gasteiger charge is -2.07. The summed E-state index contributed by atoms with van der Waals surface area (Å²) in [6.07, 6.45) is 0.553. The summed E-state index contributed by atoms with van der Waals surface area (Å²) in [6, 6.07) is 5.54. The average molecular weight is 317 g/mol. The monoisotopic (exact) mass is 317 g/mol. The summed E-state index contributed by atoms with van der Waals surface area (Å²) >= 11 is 0. The predicted octanol–water partition coefficient (Wildman–Crippen LogP) is 2.02. The van der Waals surface area contributed by atoms with E-state index in [0.29, 0.717) is 11.6 Å². The topological polar surface area (TPSA) is 95.9 Å². The summed E-state index contributed by atoms with van der Waals surface area (Å²) in [5.74, 6) is -0.474. The van der Waals surface area contributed by atoms with Gasteiger partial charge in [-0.15, -0.1) is 15.3 Å². The van der Waals surface area contributed by atoms with Gasteiger partial charge in [-0.3, -0.25) is 0 Å². The summed E-state index contributed by atoms with van der Waals surface area (Å²) in [7, 11) is 0. The molecule has 0 aliphatic rings. The highest BCUT2D eigenvalue weighted by molar-refractivity contribution is 5.86. The van der Waals surface area contributed by atoms with Crippen molar-refractivity contribution < 1.29 is 18.3 Å². The standard InChI is InChI=1S/C14H12FN5O3/c1-8(13-18-17-9(2)23-13)22-14(21)12-7-16-20(19-12)11-5-3-10(15)4-6-11/h3-8H,1-2H3. The fourth-order valence-electron chi connectivity index (χ4n) is 1.80. The summed E-state index contributed by atoms with van der Waals surface area (Å²) in [5.41, 5.74) is 0.531. The van der Waals surface area contributed by atoms with Crippen molar-refractivity contribution in [2.45, 2.75) is 20.0 Å². The van der Waals surface area contributed by atoms with E-state index in [4.69, 9.17) is 9.15 Å². The number of rotatable bonds is 4. The third kappa shape index (κ3) is 3.23. The largest absolute Gasteiger partial charge is 0.448 e. The van der Waals surface area contributed by atoms with Gasteiger partial charge in [0.1, 0.15) is 5.82 Å². The van der Waals surface area contributed by atoms with Gasteiger partial charge in [0, 0.05) is 6.92 Å². The number of nitrogens with zero attached hydrogens (tertiary/aromatic N) is 5. The molecule has 118 valence electrons. The fraction of sp³-hybridized carbons (Fsp3) is 0.214. The predicted molar refractivity (Wildman–Crippen MR) is 74.2 cm³/mol. The number of aromatic nitrogens is 5. The molecule has 0 aliphatic heterocycles. The number of carbonyl (C=O) groups excluding carboxylic acids is 1. The fourth-order valence-corrected chi connectivity index (χ4v) is 1.80.